The molecule has 1 atom stereocenters. The number of carboxylic acids is 1. The van der Waals surface area contributed by atoms with Crippen LogP contribution in [0, 0.1) is 18.8 Å². The fraction of sp³-hybridized carbons (Fsp3) is 0.138. The summed E-state index contributed by atoms with van der Waals surface area (Å²) >= 11 is 7.58. The lowest BCUT2D eigenvalue weighted by atomic mass is 10.1. The SMILES string of the molecule is Cc1noc(-c2ccc(C#CCSc3ccccc3C(=O)O)cc2)c1NC(=O)OC(C)c1ccccc1Cl. The van der Waals surface area contributed by atoms with Crippen LogP contribution in [0.3, 0.4) is 0 Å². The van der Waals surface area contributed by atoms with Crippen molar-refractivity contribution < 1.29 is 24.0 Å². The van der Waals surface area contributed by atoms with Crippen LogP contribution in [0.2, 0.25) is 5.02 Å². The highest BCUT2D eigenvalue weighted by molar-refractivity contribution is 7.99. The Morgan fingerprint density at radius 3 is 2.55 bits per heavy atom. The first-order valence-electron chi connectivity index (χ1n) is 11.6. The monoisotopic (exact) mass is 546 g/mol. The van der Waals surface area contributed by atoms with E-state index in [-0.39, 0.29) is 5.56 Å². The number of amides is 1. The van der Waals surface area contributed by atoms with Gasteiger partial charge in [-0.1, -0.05) is 58.9 Å². The zero-order chi connectivity index (χ0) is 27.1. The van der Waals surface area contributed by atoms with Crippen LogP contribution in [-0.4, -0.2) is 28.1 Å². The van der Waals surface area contributed by atoms with Crippen LogP contribution in [-0.2, 0) is 4.74 Å². The second kappa shape index (κ2) is 12.4. The molecule has 0 spiro atoms. The Kier molecular flexibility index (Phi) is 8.74. The smallest absolute Gasteiger partial charge is 0.412 e. The van der Waals surface area contributed by atoms with Crippen molar-refractivity contribution in [2.45, 2.75) is 24.8 Å². The number of carboxylic acid groups (broad SMARTS) is 1. The Hall–Kier alpha value is -4.19. The fourth-order valence-electron chi connectivity index (χ4n) is 3.60. The summed E-state index contributed by atoms with van der Waals surface area (Å²) in [4.78, 5) is 24.6. The lowest BCUT2D eigenvalue weighted by Gasteiger charge is -2.15. The number of aromatic carboxylic acids is 1. The molecule has 0 aliphatic carbocycles. The number of rotatable bonds is 7. The average molecular weight is 547 g/mol. The van der Waals surface area contributed by atoms with Gasteiger partial charge in [0.1, 0.15) is 17.5 Å². The molecule has 0 saturated heterocycles. The van der Waals surface area contributed by atoms with Crippen LogP contribution in [0.4, 0.5) is 10.5 Å². The molecule has 4 aromatic rings. The van der Waals surface area contributed by atoms with E-state index in [1.165, 1.54) is 11.8 Å². The van der Waals surface area contributed by atoms with Crippen molar-refractivity contribution in [3.8, 4) is 23.2 Å². The molecule has 0 radical (unpaired) electrons. The molecule has 1 aromatic heterocycles. The van der Waals surface area contributed by atoms with Crippen LogP contribution in [0.25, 0.3) is 11.3 Å². The lowest BCUT2D eigenvalue weighted by molar-refractivity contribution is 0.0693. The topological polar surface area (TPSA) is 102 Å². The van der Waals surface area contributed by atoms with E-state index in [0.29, 0.717) is 43.9 Å². The van der Waals surface area contributed by atoms with E-state index in [2.05, 4.69) is 22.3 Å². The summed E-state index contributed by atoms with van der Waals surface area (Å²) < 4.78 is 11.0. The van der Waals surface area contributed by atoms with Gasteiger partial charge in [0.05, 0.1) is 11.3 Å². The highest BCUT2D eigenvalue weighted by Crippen LogP contribution is 2.32. The molecule has 0 bridgehead atoms. The molecule has 4 rings (SSSR count). The van der Waals surface area contributed by atoms with Crippen molar-refractivity contribution in [3.05, 3.63) is 100 Å². The van der Waals surface area contributed by atoms with E-state index in [0.717, 1.165) is 5.56 Å². The summed E-state index contributed by atoms with van der Waals surface area (Å²) in [5, 5.41) is 16.5. The maximum absolute atomic E-state index is 12.6. The number of anilines is 1. The number of halogens is 1. The zero-order valence-electron chi connectivity index (χ0n) is 20.5. The van der Waals surface area contributed by atoms with Gasteiger partial charge < -0.3 is 14.4 Å². The molecule has 192 valence electrons. The second-order valence-electron chi connectivity index (χ2n) is 8.14. The molecular formula is C29H23ClN2O5S. The van der Waals surface area contributed by atoms with Crippen LogP contribution in [0.1, 0.15) is 40.2 Å². The summed E-state index contributed by atoms with van der Waals surface area (Å²) in [6.07, 6.45) is -1.21. The number of ether oxygens (including phenoxy) is 1. The van der Waals surface area contributed by atoms with E-state index in [1.54, 1.807) is 50.2 Å². The lowest BCUT2D eigenvalue weighted by Crippen LogP contribution is -2.17. The first-order chi connectivity index (χ1) is 18.3. The van der Waals surface area contributed by atoms with Gasteiger partial charge in [-0.15, -0.1) is 11.8 Å². The van der Waals surface area contributed by atoms with Gasteiger partial charge >= 0.3 is 12.1 Å². The highest BCUT2D eigenvalue weighted by atomic mass is 35.5. The van der Waals surface area contributed by atoms with Gasteiger partial charge in [0.15, 0.2) is 5.76 Å². The summed E-state index contributed by atoms with van der Waals surface area (Å²) in [7, 11) is 0. The fourth-order valence-corrected chi connectivity index (χ4v) is 4.68. The van der Waals surface area contributed by atoms with E-state index >= 15 is 0 Å². The van der Waals surface area contributed by atoms with E-state index in [1.807, 2.05) is 36.4 Å². The molecule has 7 nitrogen and oxygen atoms in total. The summed E-state index contributed by atoms with van der Waals surface area (Å²) in [5.41, 5.74) is 3.36. The van der Waals surface area contributed by atoms with E-state index in [9.17, 15) is 14.7 Å². The van der Waals surface area contributed by atoms with Crippen LogP contribution < -0.4 is 5.32 Å². The van der Waals surface area contributed by atoms with Crippen molar-refractivity contribution in [1.29, 1.82) is 0 Å². The zero-order valence-corrected chi connectivity index (χ0v) is 22.1. The van der Waals surface area contributed by atoms with Crippen LogP contribution >= 0.6 is 23.4 Å². The Morgan fingerprint density at radius 2 is 1.82 bits per heavy atom. The van der Waals surface area contributed by atoms with Crippen molar-refractivity contribution in [3.63, 3.8) is 0 Å². The Balaban J connectivity index is 1.40. The molecule has 2 N–H and O–H groups in total. The number of nitrogens with one attached hydrogen (secondary N) is 1. The summed E-state index contributed by atoms with van der Waals surface area (Å²) in [6.45, 7) is 3.46. The van der Waals surface area contributed by atoms with Crippen molar-refractivity contribution in [2.75, 3.05) is 11.1 Å². The predicted octanol–water partition coefficient (Wildman–Crippen LogP) is 7.46. The third kappa shape index (κ3) is 6.57. The van der Waals surface area contributed by atoms with Crippen LogP contribution in [0.15, 0.2) is 82.2 Å². The number of nitrogens with zero attached hydrogens (tertiary/aromatic N) is 1. The number of hydrogen-bond donors (Lipinski definition) is 2. The average Bonchev–Trinajstić information content (AvgIpc) is 3.26. The Bertz CT molecular complexity index is 1520. The summed E-state index contributed by atoms with van der Waals surface area (Å²) in [6, 6.07) is 21.3. The molecular weight excluding hydrogens is 524 g/mol. The number of benzene rings is 3. The maximum atomic E-state index is 12.6. The number of hydrogen-bond acceptors (Lipinski definition) is 6. The predicted molar refractivity (Wildman–Crippen MR) is 148 cm³/mol. The first-order valence-corrected chi connectivity index (χ1v) is 12.9. The minimum Gasteiger partial charge on any atom is -0.478 e. The molecule has 1 amide bonds. The molecule has 0 aliphatic heterocycles. The minimum atomic E-state index is -0.962. The van der Waals surface area contributed by atoms with E-state index < -0.39 is 18.2 Å². The maximum Gasteiger partial charge on any atom is 0.412 e. The van der Waals surface area contributed by atoms with Gasteiger partial charge in [-0.05, 0) is 56.3 Å². The molecule has 1 heterocycles. The van der Waals surface area contributed by atoms with Crippen molar-refractivity contribution in [1.82, 2.24) is 5.16 Å². The quantitative estimate of drug-likeness (QED) is 0.183. The molecule has 0 fully saturated rings. The van der Waals surface area contributed by atoms with Crippen LogP contribution in [0.5, 0.6) is 0 Å². The number of carbonyl (C=O) groups excluding carboxylic acids is 1. The van der Waals surface area contributed by atoms with Gasteiger partial charge in [0.25, 0.3) is 0 Å². The van der Waals surface area contributed by atoms with Gasteiger partial charge in [-0.3, -0.25) is 5.32 Å². The molecule has 9 heteroatoms. The highest BCUT2D eigenvalue weighted by Gasteiger charge is 2.20. The van der Waals surface area contributed by atoms with Gasteiger partial charge in [-0.25, -0.2) is 9.59 Å². The standard InChI is InChI=1S/C29H23ClN2O5S/c1-18-26(31-29(35)36-19(2)22-9-3-5-11-24(22)30)27(37-32-18)21-15-13-20(14-16-21)8-7-17-38-25-12-6-4-10-23(25)28(33)34/h3-6,9-16,19H,17H2,1-2H3,(H,31,35)(H,33,34). The normalized spacial score (nSPS) is 11.2. The summed E-state index contributed by atoms with van der Waals surface area (Å²) in [5.74, 6) is 6.00. The third-order valence-corrected chi connectivity index (χ3v) is 6.81. The second-order valence-corrected chi connectivity index (χ2v) is 9.56. The first kappa shape index (κ1) is 26.9. The number of thioether (sulfide) groups is 1. The van der Waals surface area contributed by atoms with E-state index in [4.69, 9.17) is 20.9 Å². The molecule has 0 saturated carbocycles. The number of aryl methyl sites for hydroxylation is 1. The Morgan fingerprint density at radius 1 is 1.11 bits per heavy atom. The van der Waals surface area contributed by atoms with Gasteiger partial charge in [-0.2, -0.15) is 0 Å². The Labute approximate surface area is 229 Å². The van der Waals surface area contributed by atoms with Crippen molar-refractivity contribution in [2.24, 2.45) is 0 Å². The molecule has 1 unspecified atom stereocenters. The minimum absolute atomic E-state index is 0.262. The van der Waals surface area contributed by atoms with Gasteiger partial charge in [0.2, 0.25) is 0 Å². The largest absolute Gasteiger partial charge is 0.478 e. The molecule has 0 aliphatic rings. The molecule has 3 aromatic carbocycles. The van der Waals surface area contributed by atoms with Crippen molar-refractivity contribution >= 4 is 41.1 Å². The number of aromatic nitrogens is 1. The third-order valence-electron chi connectivity index (χ3n) is 5.51. The molecule has 38 heavy (non-hydrogen) atoms. The van der Waals surface area contributed by atoms with Gasteiger partial charge in [0, 0.05) is 26.6 Å². The number of carbonyl (C=O) groups is 2.